The van der Waals surface area contributed by atoms with E-state index in [1.165, 1.54) is 7.11 Å². The highest BCUT2D eigenvalue weighted by Crippen LogP contribution is 2.27. The SMILES string of the molecule is CCCN(C(=O)c1cccc(N)c1OC)C(C)C. The second-order valence-electron chi connectivity index (χ2n) is 4.52. The Morgan fingerprint density at radius 2 is 2.11 bits per heavy atom. The third-order valence-electron chi connectivity index (χ3n) is 2.83. The number of methoxy groups -OCH3 is 1. The molecule has 1 amide bonds. The number of ether oxygens (including phenoxy) is 1. The van der Waals surface area contributed by atoms with Crippen molar-refractivity contribution in [3.63, 3.8) is 0 Å². The zero-order valence-corrected chi connectivity index (χ0v) is 11.6. The zero-order valence-electron chi connectivity index (χ0n) is 11.6. The lowest BCUT2D eigenvalue weighted by Crippen LogP contribution is -2.37. The molecule has 0 aliphatic carbocycles. The Kier molecular flexibility index (Phi) is 5.01. The predicted molar refractivity (Wildman–Crippen MR) is 73.9 cm³/mol. The van der Waals surface area contributed by atoms with Gasteiger partial charge in [-0.2, -0.15) is 0 Å². The molecule has 4 nitrogen and oxygen atoms in total. The lowest BCUT2D eigenvalue weighted by Gasteiger charge is -2.27. The van der Waals surface area contributed by atoms with E-state index in [0.717, 1.165) is 13.0 Å². The van der Waals surface area contributed by atoms with Gasteiger partial charge in [0.2, 0.25) is 0 Å². The van der Waals surface area contributed by atoms with Gasteiger partial charge in [0.25, 0.3) is 5.91 Å². The maximum Gasteiger partial charge on any atom is 0.257 e. The van der Waals surface area contributed by atoms with Crippen molar-refractivity contribution in [3.05, 3.63) is 23.8 Å². The van der Waals surface area contributed by atoms with E-state index in [4.69, 9.17) is 10.5 Å². The van der Waals surface area contributed by atoms with Crippen LogP contribution in [0.3, 0.4) is 0 Å². The van der Waals surface area contributed by atoms with Crippen molar-refractivity contribution < 1.29 is 9.53 Å². The smallest absolute Gasteiger partial charge is 0.257 e. The average molecular weight is 250 g/mol. The molecule has 1 rings (SSSR count). The lowest BCUT2D eigenvalue weighted by atomic mass is 10.1. The zero-order chi connectivity index (χ0) is 13.7. The van der Waals surface area contributed by atoms with Crippen LogP contribution in [0.2, 0.25) is 0 Å². The number of carbonyl (C=O) groups excluding carboxylic acids is 1. The second-order valence-corrected chi connectivity index (χ2v) is 4.52. The van der Waals surface area contributed by atoms with Crippen molar-refractivity contribution >= 4 is 11.6 Å². The van der Waals surface area contributed by atoms with Gasteiger partial charge in [0.05, 0.1) is 18.4 Å². The van der Waals surface area contributed by atoms with Crippen LogP contribution in [-0.4, -0.2) is 30.5 Å². The highest BCUT2D eigenvalue weighted by atomic mass is 16.5. The quantitative estimate of drug-likeness (QED) is 0.817. The van der Waals surface area contributed by atoms with Gasteiger partial charge >= 0.3 is 0 Å². The summed E-state index contributed by atoms with van der Waals surface area (Å²) in [6.07, 6.45) is 0.925. The van der Waals surface area contributed by atoms with E-state index < -0.39 is 0 Å². The summed E-state index contributed by atoms with van der Waals surface area (Å²) < 4.78 is 5.23. The molecule has 0 saturated carbocycles. The Bertz CT molecular complexity index is 416. The van der Waals surface area contributed by atoms with Crippen LogP contribution in [0, 0.1) is 0 Å². The summed E-state index contributed by atoms with van der Waals surface area (Å²) in [5.41, 5.74) is 6.84. The molecule has 2 N–H and O–H groups in total. The van der Waals surface area contributed by atoms with E-state index in [1.807, 2.05) is 18.7 Å². The number of amides is 1. The topological polar surface area (TPSA) is 55.6 Å². The summed E-state index contributed by atoms with van der Waals surface area (Å²) in [7, 11) is 1.53. The molecule has 0 aliphatic rings. The fourth-order valence-corrected chi connectivity index (χ4v) is 1.94. The van der Waals surface area contributed by atoms with E-state index in [1.54, 1.807) is 18.2 Å². The van der Waals surface area contributed by atoms with Crippen molar-refractivity contribution in [2.45, 2.75) is 33.2 Å². The molecule has 0 heterocycles. The summed E-state index contributed by atoms with van der Waals surface area (Å²) in [5, 5.41) is 0. The molecule has 1 aromatic carbocycles. The molecule has 0 bridgehead atoms. The maximum atomic E-state index is 12.5. The molecule has 0 aliphatic heterocycles. The third kappa shape index (κ3) is 2.94. The monoisotopic (exact) mass is 250 g/mol. The Labute approximate surface area is 109 Å². The normalized spacial score (nSPS) is 10.5. The second kappa shape index (κ2) is 6.28. The number of rotatable bonds is 5. The first kappa shape index (κ1) is 14.4. The van der Waals surface area contributed by atoms with E-state index in [9.17, 15) is 4.79 Å². The minimum Gasteiger partial charge on any atom is -0.494 e. The van der Waals surface area contributed by atoms with Crippen molar-refractivity contribution in [1.82, 2.24) is 4.90 Å². The molecular formula is C14H22N2O2. The number of hydrogen-bond acceptors (Lipinski definition) is 3. The third-order valence-corrected chi connectivity index (χ3v) is 2.83. The molecule has 100 valence electrons. The minimum absolute atomic E-state index is 0.0315. The number of nitrogens with two attached hydrogens (primary N) is 1. The summed E-state index contributed by atoms with van der Waals surface area (Å²) in [6.45, 7) is 6.80. The number of para-hydroxylation sites is 1. The van der Waals surface area contributed by atoms with Gasteiger partial charge in [-0.05, 0) is 32.4 Å². The molecule has 0 saturated heterocycles. The Balaban J connectivity index is 3.12. The summed E-state index contributed by atoms with van der Waals surface area (Å²) in [5.74, 6) is 0.431. The molecular weight excluding hydrogens is 228 g/mol. The first-order chi connectivity index (χ1) is 8.52. The summed E-state index contributed by atoms with van der Waals surface area (Å²) >= 11 is 0. The molecule has 0 unspecified atom stereocenters. The number of benzene rings is 1. The van der Waals surface area contributed by atoms with E-state index in [2.05, 4.69) is 6.92 Å². The number of nitrogens with zero attached hydrogens (tertiary/aromatic N) is 1. The van der Waals surface area contributed by atoms with E-state index >= 15 is 0 Å². The van der Waals surface area contributed by atoms with Gasteiger partial charge in [-0.3, -0.25) is 4.79 Å². The molecule has 0 aromatic heterocycles. The van der Waals surface area contributed by atoms with Crippen LogP contribution < -0.4 is 10.5 Å². The van der Waals surface area contributed by atoms with Crippen LogP contribution in [0.4, 0.5) is 5.69 Å². The fourth-order valence-electron chi connectivity index (χ4n) is 1.94. The maximum absolute atomic E-state index is 12.5. The summed E-state index contributed by atoms with van der Waals surface area (Å²) in [6, 6.07) is 5.41. The number of carbonyl (C=O) groups is 1. The molecule has 0 fully saturated rings. The van der Waals surface area contributed by atoms with Crippen molar-refractivity contribution in [2.24, 2.45) is 0 Å². The van der Waals surface area contributed by atoms with E-state index in [0.29, 0.717) is 17.0 Å². The first-order valence-corrected chi connectivity index (χ1v) is 6.26. The predicted octanol–water partition coefficient (Wildman–Crippen LogP) is 2.54. The Morgan fingerprint density at radius 1 is 1.44 bits per heavy atom. The first-order valence-electron chi connectivity index (χ1n) is 6.26. The van der Waals surface area contributed by atoms with E-state index in [-0.39, 0.29) is 11.9 Å². The Hall–Kier alpha value is -1.71. The van der Waals surface area contributed by atoms with Gasteiger partial charge in [-0.25, -0.2) is 0 Å². The average Bonchev–Trinajstić information content (AvgIpc) is 2.34. The largest absolute Gasteiger partial charge is 0.494 e. The van der Waals surface area contributed by atoms with Gasteiger partial charge in [0.15, 0.2) is 5.75 Å². The van der Waals surface area contributed by atoms with Gasteiger partial charge in [0.1, 0.15) is 0 Å². The van der Waals surface area contributed by atoms with Crippen LogP contribution in [0.25, 0.3) is 0 Å². The van der Waals surface area contributed by atoms with Crippen molar-refractivity contribution in [2.75, 3.05) is 19.4 Å². The number of nitrogen functional groups attached to an aromatic ring is 1. The van der Waals surface area contributed by atoms with Crippen molar-refractivity contribution in [3.8, 4) is 5.75 Å². The molecule has 18 heavy (non-hydrogen) atoms. The minimum atomic E-state index is -0.0315. The molecule has 1 aromatic rings. The van der Waals surface area contributed by atoms with Crippen LogP contribution >= 0.6 is 0 Å². The van der Waals surface area contributed by atoms with Gasteiger partial charge < -0.3 is 15.4 Å². The standard InChI is InChI=1S/C14H22N2O2/c1-5-9-16(10(2)3)14(17)11-7-6-8-12(15)13(11)18-4/h6-8,10H,5,9,15H2,1-4H3. The molecule has 0 atom stereocenters. The number of anilines is 1. The molecule has 0 spiro atoms. The Morgan fingerprint density at radius 3 is 2.61 bits per heavy atom. The molecule has 0 radical (unpaired) electrons. The highest BCUT2D eigenvalue weighted by Gasteiger charge is 2.22. The van der Waals surface area contributed by atoms with Gasteiger partial charge in [0, 0.05) is 12.6 Å². The lowest BCUT2D eigenvalue weighted by molar-refractivity contribution is 0.0702. The van der Waals surface area contributed by atoms with Crippen molar-refractivity contribution in [1.29, 1.82) is 0 Å². The highest BCUT2D eigenvalue weighted by molar-refractivity contribution is 5.98. The fraction of sp³-hybridized carbons (Fsp3) is 0.500. The van der Waals surface area contributed by atoms with Crippen LogP contribution in [-0.2, 0) is 0 Å². The molecule has 4 heteroatoms. The van der Waals surface area contributed by atoms with Crippen LogP contribution in [0.1, 0.15) is 37.6 Å². The summed E-state index contributed by atoms with van der Waals surface area (Å²) in [4.78, 5) is 14.3. The van der Waals surface area contributed by atoms with Crippen LogP contribution in [0.5, 0.6) is 5.75 Å². The van der Waals surface area contributed by atoms with Crippen LogP contribution in [0.15, 0.2) is 18.2 Å². The van der Waals surface area contributed by atoms with Gasteiger partial charge in [-0.1, -0.05) is 13.0 Å². The van der Waals surface area contributed by atoms with Gasteiger partial charge in [-0.15, -0.1) is 0 Å². The number of hydrogen-bond donors (Lipinski definition) is 1.